The number of hydrogen-bond acceptors (Lipinski definition) is 5. The molecule has 2 aromatic heterocycles. The number of unbranched alkanes of at least 4 members (excludes halogenated alkanes) is 1. The molecule has 0 saturated carbocycles. The van der Waals surface area contributed by atoms with Crippen LogP contribution in [0.1, 0.15) is 32.6 Å². The zero-order valence-electron chi connectivity index (χ0n) is 13.7. The van der Waals surface area contributed by atoms with Crippen LogP contribution in [0, 0.1) is 0 Å². The second-order valence-corrected chi connectivity index (χ2v) is 6.31. The molecule has 1 aliphatic heterocycles. The van der Waals surface area contributed by atoms with E-state index in [0.29, 0.717) is 23.7 Å². The Bertz CT molecular complexity index is 829. The Morgan fingerprint density at radius 3 is 2.87 bits per heavy atom. The van der Waals surface area contributed by atoms with E-state index in [1.807, 2.05) is 11.5 Å². The average Bonchev–Trinajstić information content (AvgIpc) is 2.91. The van der Waals surface area contributed by atoms with Crippen molar-refractivity contribution < 1.29 is 0 Å². The molecule has 3 heterocycles. The van der Waals surface area contributed by atoms with Gasteiger partial charge in [0.05, 0.1) is 0 Å². The fourth-order valence-electron chi connectivity index (χ4n) is 3.09. The van der Waals surface area contributed by atoms with E-state index < -0.39 is 0 Å². The Morgan fingerprint density at radius 2 is 2.13 bits per heavy atom. The fourth-order valence-corrected chi connectivity index (χ4v) is 3.09. The van der Waals surface area contributed by atoms with Crippen molar-refractivity contribution in [2.75, 3.05) is 11.9 Å². The first-order valence-electron chi connectivity index (χ1n) is 8.20. The highest BCUT2D eigenvalue weighted by Gasteiger charge is 2.21. The Kier molecular flexibility index (Phi) is 4.25. The van der Waals surface area contributed by atoms with Crippen molar-refractivity contribution in [3.63, 3.8) is 0 Å². The van der Waals surface area contributed by atoms with Crippen molar-refractivity contribution >= 4 is 17.1 Å². The summed E-state index contributed by atoms with van der Waals surface area (Å²) in [4.78, 5) is 29.7. The van der Waals surface area contributed by atoms with Gasteiger partial charge in [-0.2, -0.15) is 4.98 Å². The second kappa shape index (κ2) is 6.19. The molecular weight excluding hydrogens is 296 g/mol. The van der Waals surface area contributed by atoms with Gasteiger partial charge in [0.2, 0.25) is 5.95 Å². The standard InChI is InChI=1S/C15H24N6O2/c1-10(16)6-3-4-8-21-13(22)11-12(19(2)15(21)23)18-14-17-7-5-9-20(11)14/h10H,3-9,16H2,1-2H3,(H,17,18)/t10-/m0/s1. The van der Waals surface area contributed by atoms with E-state index in [9.17, 15) is 9.59 Å². The quantitative estimate of drug-likeness (QED) is 0.768. The Balaban J connectivity index is 2.02. The Morgan fingerprint density at radius 1 is 1.35 bits per heavy atom. The number of aryl methyl sites for hydroxylation is 2. The molecule has 0 saturated heterocycles. The minimum atomic E-state index is -0.307. The van der Waals surface area contributed by atoms with Crippen molar-refractivity contribution in [1.82, 2.24) is 18.7 Å². The number of hydrogen-bond donors (Lipinski definition) is 2. The largest absolute Gasteiger partial charge is 0.356 e. The van der Waals surface area contributed by atoms with E-state index in [-0.39, 0.29) is 17.3 Å². The minimum absolute atomic E-state index is 0.143. The number of rotatable bonds is 5. The number of imidazole rings is 1. The van der Waals surface area contributed by atoms with Gasteiger partial charge in [0.15, 0.2) is 11.2 Å². The van der Waals surface area contributed by atoms with Crippen LogP contribution in [0.5, 0.6) is 0 Å². The summed E-state index contributed by atoms with van der Waals surface area (Å²) in [5.41, 5.74) is 6.16. The number of nitrogens with zero attached hydrogens (tertiary/aromatic N) is 4. The molecular formula is C15H24N6O2. The number of aromatic nitrogens is 4. The summed E-state index contributed by atoms with van der Waals surface area (Å²) >= 11 is 0. The highest BCUT2D eigenvalue weighted by molar-refractivity contribution is 5.74. The van der Waals surface area contributed by atoms with E-state index in [4.69, 9.17) is 5.73 Å². The predicted octanol–water partition coefficient (Wildman–Crippen LogP) is 0.230. The normalized spacial score (nSPS) is 15.4. The van der Waals surface area contributed by atoms with E-state index in [0.717, 1.165) is 38.8 Å². The fraction of sp³-hybridized carbons (Fsp3) is 0.667. The minimum Gasteiger partial charge on any atom is -0.356 e. The zero-order chi connectivity index (χ0) is 16.6. The van der Waals surface area contributed by atoms with Crippen molar-refractivity contribution in [2.24, 2.45) is 12.8 Å². The van der Waals surface area contributed by atoms with Gasteiger partial charge in [-0.1, -0.05) is 6.42 Å². The summed E-state index contributed by atoms with van der Waals surface area (Å²) in [7, 11) is 1.67. The van der Waals surface area contributed by atoms with Crippen molar-refractivity contribution in [1.29, 1.82) is 0 Å². The monoisotopic (exact) mass is 320 g/mol. The van der Waals surface area contributed by atoms with Crippen molar-refractivity contribution in [2.45, 2.75) is 51.7 Å². The van der Waals surface area contributed by atoms with Gasteiger partial charge in [0, 0.05) is 32.7 Å². The molecule has 0 radical (unpaired) electrons. The third-order valence-corrected chi connectivity index (χ3v) is 4.37. The van der Waals surface area contributed by atoms with Crippen LogP contribution in [0.4, 0.5) is 5.95 Å². The first-order chi connectivity index (χ1) is 11.0. The molecule has 0 unspecified atom stereocenters. The summed E-state index contributed by atoms with van der Waals surface area (Å²) in [6.45, 7) is 3.96. The van der Waals surface area contributed by atoms with E-state index >= 15 is 0 Å². The lowest BCUT2D eigenvalue weighted by atomic mass is 10.1. The summed E-state index contributed by atoms with van der Waals surface area (Å²) in [6.07, 6.45) is 3.50. The molecule has 0 amide bonds. The molecule has 126 valence electrons. The molecule has 0 spiro atoms. The predicted molar refractivity (Wildman–Crippen MR) is 89.8 cm³/mol. The van der Waals surface area contributed by atoms with E-state index in [2.05, 4.69) is 10.3 Å². The molecule has 1 aliphatic rings. The smallest absolute Gasteiger partial charge is 0.332 e. The maximum atomic E-state index is 12.8. The molecule has 1 atom stereocenters. The topological polar surface area (TPSA) is 99.9 Å². The lowest BCUT2D eigenvalue weighted by Gasteiger charge is -2.15. The van der Waals surface area contributed by atoms with Gasteiger partial charge >= 0.3 is 5.69 Å². The maximum Gasteiger partial charge on any atom is 0.332 e. The molecule has 0 bridgehead atoms. The second-order valence-electron chi connectivity index (χ2n) is 6.31. The molecule has 8 nitrogen and oxygen atoms in total. The molecule has 23 heavy (non-hydrogen) atoms. The van der Waals surface area contributed by atoms with Gasteiger partial charge in [-0.3, -0.25) is 13.9 Å². The number of nitrogens with two attached hydrogens (primary N) is 1. The summed E-state index contributed by atoms with van der Waals surface area (Å²) in [5.74, 6) is 0.674. The lowest BCUT2D eigenvalue weighted by Crippen LogP contribution is -2.39. The number of nitrogens with one attached hydrogen (secondary N) is 1. The van der Waals surface area contributed by atoms with Gasteiger partial charge in [-0.15, -0.1) is 0 Å². The van der Waals surface area contributed by atoms with Crippen LogP contribution >= 0.6 is 0 Å². The molecule has 3 N–H and O–H groups in total. The highest BCUT2D eigenvalue weighted by Crippen LogP contribution is 2.19. The van der Waals surface area contributed by atoms with Crippen LogP contribution in [-0.2, 0) is 20.1 Å². The Labute approximate surface area is 133 Å². The third-order valence-electron chi connectivity index (χ3n) is 4.37. The molecule has 0 fully saturated rings. The van der Waals surface area contributed by atoms with Crippen molar-refractivity contribution in [3.05, 3.63) is 20.8 Å². The van der Waals surface area contributed by atoms with E-state index in [1.165, 1.54) is 9.13 Å². The lowest BCUT2D eigenvalue weighted by molar-refractivity contribution is 0.519. The van der Waals surface area contributed by atoms with Gasteiger partial charge in [0.1, 0.15) is 0 Å². The van der Waals surface area contributed by atoms with Gasteiger partial charge in [-0.05, 0) is 26.2 Å². The van der Waals surface area contributed by atoms with Crippen LogP contribution in [0.3, 0.4) is 0 Å². The van der Waals surface area contributed by atoms with Gasteiger partial charge in [0.25, 0.3) is 5.56 Å². The van der Waals surface area contributed by atoms with E-state index in [1.54, 1.807) is 7.05 Å². The molecule has 8 heteroatoms. The number of fused-ring (bicyclic) bond motifs is 3. The summed E-state index contributed by atoms with van der Waals surface area (Å²) in [5, 5.41) is 3.18. The Hall–Kier alpha value is -2.09. The highest BCUT2D eigenvalue weighted by atomic mass is 16.2. The summed E-state index contributed by atoms with van der Waals surface area (Å²) in [6, 6.07) is 0.143. The molecule has 2 aromatic rings. The molecule has 0 aliphatic carbocycles. The van der Waals surface area contributed by atoms with Crippen LogP contribution in [0.25, 0.3) is 11.2 Å². The zero-order valence-corrected chi connectivity index (χ0v) is 13.7. The van der Waals surface area contributed by atoms with Crippen molar-refractivity contribution in [3.8, 4) is 0 Å². The summed E-state index contributed by atoms with van der Waals surface area (Å²) < 4.78 is 4.68. The first-order valence-corrected chi connectivity index (χ1v) is 8.20. The maximum absolute atomic E-state index is 12.8. The van der Waals surface area contributed by atoms with Gasteiger partial charge < -0.3 is 15.6 Å². The van der Waals surface area contributed by atoms with Crippen LogP contribution in [0.15, 0.2) is 9.59 Å². The number of anilines is 1. The van der Waals surface area contributed by atoms with Crippen LogP contribution in [0.2, 0.25) is 0 Å². The third kappa shape index (κ3) is 2.78. The molecule has 3 rings (SSSR count). The van der Waals surface area contributed by atoms with Crippen LogP contribution < -0.4 is 22.3 Å². The van der Waals surface area contributed by atoms with Crippen LogP contribution in [-0.4, -0.2) is 31.3 Å². The SMILES string of the molecule is C[C@H](N)CCCCn1c(=O)c2c(nc3n2CCCN3)n(C)c1=O. The average molecular weight is 320 g/mol. The first kappa shape index (κ1) is 15.8. The van der Waals surface area contributed by atoms with Gasteiger partial charge in [-0.25, -0.2) is 4.79 Å². The molecule has 0 aromatic carbocycles.